The fourth-order valence-corrected chi connectivity index (χ4v) is 1.16. The maximum absolute atomic E-state index is 11.6. The van der Waals surface area contributed by atoms with Gasteiger partial charge in [0.25, 0.3) is 5.91 Å². The molecule has 90 valence electrons. The number of nitro groups is 1. The molecule has 1 aromatic heterocycles. The summed E-state index contributed by atoms with van der Waals surface area (Å²) in [7, 11) is 0. The van der Waals surface area contributed by atoms with E-state index in [0.717, 1.165) is 6.20 Å². The predicted octanol–water partition coefficient (Wildman–Crippen LogP) is 0.965. The molecule has 1 N–H and O–H groups in total. The smallest absolute Gasteiger partial charge is 0.358 e. The van der Waals surface area contributed by atoms with Crippen LogP contribution in [0.3, 0.4) is 0 Å². The molecule has 17 heavy (non-hydrogen) atoms. The van der Waals surface area contributed by atoms with Gasteiger partial charge in [-0.3, -0.25) is 14.9 Å². The summed E-state index contributed by atoms with van der Waals surface area (Å²) >= 11 is 0. The van der Waals surface area contributed by atoms with E-state index in [1.807, 2.05) is 0 Å². The molecule has 0 saturated carbocycles. The zero-order valence-electron chi connectivity index (χ0n) is 9.39. The molecule has 1 heterocycles. The number of rotatable bonds is 3. The minimum Gasteiger partial charge on any atom is -0.358 e. The minimum absolute atomic E-state index is 0.150. The molecule has 7 nitrogen and oxygen atoms in total. The predicted molar refractivity (Wildman–Crippen MR) is 58.4 cm³/mol. The first-order chi connectivity index (χ1) is 7.95. The second-order valence-corrected chi connectivity index (χ2v) is 3.35. The molecule has 0 spiro atoms. The first-order valence-corrected chi connectivity index (χ1v) is 4.91. The molecule has 2 amide bonds. The Hall–Kier alpha value is -2.31. The molecule has 0 unspecified atom stereocenters. The molecule has 0 saturated heterocycles. The number of nitrogens with one attached hydrogen (secondary N) is 1. The Bertz CT molecular complexity index is 484. The Labute approximate surface area is 97.0 Å². The Morgan fingerprint density at radius 2 is 2.18 bits per heavy atom. The largest absolute Gasteiger partial charge is 0.363 e. The van der Waals surface area contributed by atoms with Crippen LogP contribution in [0.2, 0.25) is 0 Å². The van der Waals surface area contributed by atoms with E-state index in [-0.39, 0.29) is 17.8 Å². The fourth-order valence-electron chi connectivity index (χ4n) is 1.16. The summed E-state index contributed by atoms with van der Waals surface area (Å²) in [5.41, 5.74) is 0.547. The molecule has 0 aliphatic carbocycles. The average molecular weight is 237 g/mol. The highest BCUT2D eigenvalue weighted by Crippen LogP contribution is 2.13. The number of pyridine rings is 1. The Morgan fingerprint density at radius 3 is 2.65 bits per heavy atom. The van der Waals surface area contributed by atoms with Crippen LogP contribution >= 0.6 is 0 Å². The van der Waals surface area contributed by atoms with Crippen LogP contribution < -0.4 is 5.32 Å². The van der Waals surface area contributed by atoms with Crippen LogP contribution in [0, 0.1) is 17.0 Å². The number of nitrogens with zero attached hydrogens (tertiary/aromatic N) is 2. The van der Waals surface area contributed by atoms with Gasteiger partial charge in [0.15, 0.2) is 6.20 Å². The molecule has 7 heteroatoms. The van der Waals surface area contributed by atoms with Crippen LogP contribution in [-0.2, 0) is 4.79 Å². The minimum atomic E-state index is -0.647. The summed E-state index contributed by atoms with van der Waals surface area (Å²) in [5.74, 6) is -1.34. The SMILES string of the molecule is CCC(=O)NC(=O)c1cnc([N+](=O)[O-])cc1C. The van der Waals surface area contributed by atoms with Crippen molar-refractivity contribution in [3.63, 3.8) is 0 Å². The van der Waals surface area contributed by atoms with E-state index in [9.17, 15) is 19.7 Å². The van der Waals surface area contributed by atoms with Crippen molar-refractivity contribution in [3.8, 4) is 0 Å². The fraction of sp³-hybridized carbons (Fsp3) is 0.300. The van der Waals surface area contributed by atoms with Gasteiger partial charge in [0.2, 0.25) is 5.91 Å². The molecule has 0 aromatic carbocycles. The molecule has 0 aliphatic rings. The van der Waals surface area contributed by atoms with Gasteiger partial charge in [-0.1, -0.05) is 6.92 Å². The van der Waals surface area contributed by atoms with Gasteiger partial charge in [0.1, 0.15) is 0 Å². The lowest BCUT2D eigenvalue weighted by atomic mass is 10.1. The van der Waals surface area contributed by atoms with E-state index in [0.29, 0.717) is 5.56 Å². The molecule has 1 rings (SSSR count). The van der Waals surface area contributed by atoms with Crippen LogP contribution in [0.25, 0.3) is 0 Å². The third-order valence-electron chi connectivity index (χ3n) is 2.10. The van der Waals surface area contributed by atoms with Crippen LogP contribution in [0.4, 0.5) is 5.82 Å². The number of aromatic nitrogens is 1. The molecule has 0 fully saturated rings. The van der Waals surface area contributed by atoms with Crippen molar-refractivity contribution in [2.75, 3.05) is 0 Å². The summed E-state index contributed by atoms with van der Waals surface area (Å²) in [5, 5.41) is 12.6. The van der Waals surface area contributed by atoms with E-state index >= 15 is 0 Å². The first-order valence-electron chi connectivity index (χ1n) is 4.91. The number of carbonyl (C=O) groups excluding carboxylic acids is 2. The van der Waals surface area contributed by atoms with Crippen LogP contribution in [0.5, 0.6) is 0 Å². The maximum atomic E-state index is 11.6. The zero-order valence-corrected chi connectivity index (χ0v) is 9.39. The van der Waals surface area contributed by atoms with Crippen LogP contribution in [0.15, 0.2) is 12.3 Å². The van der Waals surface area contributed by atoms with Crippen molar-refractivity contribution < 1.29 is 14.5 Å². The second-order valence-electron chi connectivity index (χ2n) is 3.35. The normalized spacial score (nSPS) is 9.76. The third kappa shape index (κ3) is 3.07. The van der Waals surface area contributed by atoms with E-state index in [1.165, 1.54) is 6.07 Å². The second kappa shape index (κ2) is 5.15. The number of imide groups is 1. The zero-order chi connectivity index (χ0) is 13.0. The van der Waals surface area contributed by atoms with E-state index in [4.69, 9.17) is 0 Å². The summed E-state index contributed by atoms with van der Waals surface area (Å²) in [6, 6.07) is 1.19. The molecular formula is C10H11N3O4. The molecule has 0 radical (unpaired) electrons. The highest BCUT2D eigenvalue weighted by atomic mass is 16.6. The van der Waals surface area contributed by atoms with Crippen LogP contribution in [0.1, 0.15) is 29.3 Å². The summed E-state index contributed by atoms with van der Waals surface area (Å²) in [4.78, 5) is 35.9. The van der Waals surface area contributed by atoms with E-state index in [2.05, 4.69) is 10.3 Å². The van der Waals surface area contributed by atoms with Crippen LogP contribution in [-0.4, -0.2) is 21.7 Å². The number of carbonyl (C=O) groups is 2. The topological polar surface area (TPSA) is 102 Å². The molecule has 0 aliphatic heterocycles. The first kappa shape index (κ1) is 12.8. The quantitative estimate of drug-likeness (QED) is 0.623. The highest BCUT2D eigenvalue weighted by Gasteiger charge is 2.17. The van der Waals surface area contributed by atoms with Gasteiger partial charge in [-0.25, -0.2) is 0 Å². The van der Waals surface area contributed by atoms with Crippen molar-refractivity contribution >= 4 is 17.6 Å². The highest BCUT2D eigenvalue weighted by molar-refractivity contribution is 6.05. The van der Waals surface area contributed by atoms with Crippen molar-refractivity contribution in [1.82, 2.24) is 10.3 Å². The number of hydrogen-bond acceptors (Lipinski definition) is 5. The van der Waals surface area contributed by atoms with Gasteiger partial charge >= 0.3 is 5.82 Å². The Balaban J connectivity index is 2.96. The van der Waals surface area contributed by atoms with Gasteiger partial charge < -0.3 is 10.1 Å². The number of hydrogen-bond donors (Lipinski definition) is 1. The van der Waals surface area contributed by atoms with Gasteiger partial charge in [-0.2, -0.15) is 0 Å². The average Bonchev–Trinajstić information content (AvgIpc) is 2.28. The summed E-state index contributed by atoms with van der Waals surface area (Å²) < 4.78 is 0. The monoisotopic (exact) mass is 237 g/mol. The van der Waals surface area contributed by atoms with Crippen molar-refractivity contribution in [2.24, 2.45) is 0 Å². The lowest BCUT2D eigenvalue weighted by Gasteiger charge is -2.03. The Morgan fingerprint density at radius 1 is 1.53 bits per heavy atom. The standard InChI is InChI=1S/C10H11N3O4/c1-3-9(14)12-10(15)7-5-11-8(13(16)17)4-6(7)2/h4-5H,3H2,1-2H3,(H,12,14,15). The third-order valence-corrected chi connectivity index (χ3v) is 2.10. The maximum Gasteiger partial charge on any atom is 0.363 e. The number of aryl methyl sites for hydroxylation is 1. The van der Waals surface area contributed by atoms with E-state index < -0.39 is 16.7 Å². The van der Waals surface area contributed by atoms with Crippen molar-refractivity contribution in [1.29, 1.82) is 0 Å². The summed E-state index contributed by atoms with van der Waals surface area (Å²) in [6.45, 7) is 3.16. The lowest BCUT2D eigenvalue weighted by Crippen LogP contribution is -2.30. The van der Waals surface area contributed by atoms with Crippen molar-refractivity contribution in [3.05, 3.63) is 33.5 Å². The van der Waals surface area contributed by atoms with Gasteiger partial charge in [0.05, 0.1) is 5.56 Å². The van der Waals surface area contributed by atoms with Crippen molar-refractivity contribution in [2.45, 2.75) is 20.3 Å². The number of amides is 2. The summed E-state index contributed by atoms with van der Waals surface area (Å²) in [6.07, 6.45) is 1.27. The van der Waals surface area contributed by atoms with E-state index in [1.54, 1.807) is 13.8 Å². The van der Waals surface area contributed by atoms with Gasteiger partial charge in [0, 0.05) is 12.5 Å². The molecule has 0 bridgehead atoms. The molecular weight excluding hydrogens is 226 g/mol. The lowest BCUT2D eigenvalue weighted by molar-refractivity contribution is -0.389. The molecule has 0 atom stereocenters. The molecule has 1 aromatic rings. The van der Waals surface area contributed by atoms with Gasteiger partial charge in [-0.15, -0.1) is 0 Å². The van der Waals surface area contributed by atoms with Gasteiger partial charge in [-0.05, 0) is 22.4 Å². The Kier molecular flexibility index (Phi) is 3.86.